The van der Waals surface area contributed by atoms with Gasteiger partial charge in [-0.25, -0.2) is 0 Å². The molecule has 0 saturated heterocycles. The zero-order chi connectivity index (χ0) is 5.40. The van der Waals surface area contributed by atoms with E-state index in [1.165, 1.54) is 18.4 Å². The molecule has 1 aliphatic carbocycles. The Hall–Kier alpha value is -0.790. The van der Waals surface area contributed by atoms with Crippen molar-refractivity contribution in [1.29, 1.82) is 0 Å². The van der Waals surface area contributed by atoms with Crippen LogP contribution in [-0.2, 0) is 0 Å². The number of H-pyrrole nitrogens is 1. The van der Waals surface area contributed by atoms with Crippen molar-refractivity contribution < 1.29 is 0 Å². The van der Waals surface area contributed by atoms with Crippen LogP contribution in [0.25, 0.3) is 0 Å². The molecule has 1 saturated carbocycles. The molecular formula is C6H7N2. The Morgan fingerprint density at radius 2 is 2.62 bits per heavy atom. The molecule has 0 unspecified atom stereocenters. The highest BCUT2D eigenvalue weighted by Crippen LogP contribution is 2.38. The highest BCUT2D eigenvalue weighted by atomic mass is 15.1. The van der Waals surface area contributed by atoms with Gasteiger partial charge in [0.05, 0.1) is 0 Å². The van der Waals surface area contributed by atoms with Crippen LogP contribution in [0.15, 0.2) is 6.20 Å². The van der Waals surface area contributed by atoms with E-state index in [-0.39, 0.29) is 0 Å². The van der Waals surface area contributed by atoms with E-state index in [4.69, 9.17) is 0 Å². The molecule has 41 valence electrons. The molecule has 1 aromatic rings. The summed E-state index contributed by atoms with van der Waals surface area (Å²) in [7, 11) is 0. The summed E-state index contributed by atoms with van der Waals surface area (Å²) in [5.41, 5.74) is 1.25. The van der Waals surface area contributed by atoms with Crippen LogP contribution in [0.1, 0.15) is 24.3 Å². The van der Waals surface area contributed by atoms with E-state index in [0.29, 0.717) is 0 Å². The van der Waals surface area contributed by atoms with Gasteiger partial charge in [-0.3, -0.25) is 5.10 Å². The molecule has 0 spiro atoms. The van der Waals surface area contributed by atoms with Crippen LogP contribution in [0.2, 0.25) is 0 Å². The highest BCUT2D eigenvalue weighted by molar-refractivity contribution is 5.14. The van der Waals surface area contributed by atoms with Crippen molar-refractivity contribution in [3.63, 3.8) is 0 Å². The largest absolute Gasteiger partial charge is 0.285 e. The Kier molecular flexibility index (Phi) is 0.692. The van der Waals surface area contributed by atoms with Crippen molar-refractivity contribution >= 4 is 0 Å². The molecule has 0 atom stereocenters. The summed E-state index contributed by atoms with van der Waals surface area (Å²) in [6.45, 7) is 0. The van der Waals surface area contributed by atoms with Gasteiger partial charge in [0.1, 0.15) is 6.20 Å². The summed E-state index contributed by atoms with van der Waals surface area (Å²) in [5.74, 6) is 0.786. The fourth-order valence-electron chi connectivity index (χ4n) is 0.834. The predicted octanol–water partition coefficient (Wildman–Crippen LogP) is 1.09. The zero-order valence-electron chi connectivity index (χ0n) is 4.52. The number of hydrogen-bond acceptors (Lipinski definition) is 1. The molecule has 2 rings (SSSR count). The molecule has 2 nitrogen and oxygen atoms in total. The van der Waals surface area contributed by atoms with Crippen molar-refractivity contribution in [2.75, 3.05) is 0 Å². The van der Waals surface area contributed by atoms with Gasteiger partial charge in [0.2, 0.25) is 0 Å². The molecule has 1 aliphatic rings. The topological polar surface area (TPSA) is 28.7 Å². The first-order valence-corrected chi connectivity index (χ1v) is 2.88. The average Bonchev–Trinajstić information content (AvgIpc) is 2.49. The molecule has 8 heavy (non-hydrogen) atoms. The summed E-state index contributed by atoms with van der Waals surface area (Å²) in [5, 5.41) is 6.48. The van der Waals surface area contributed by atoms with E-state index >= 15 is 0 Å². The van der Waals surface area contributed by atoms with Crippen molar-refractivity contribution in [3.8, 4) is 0 Å². The Morgan fingerprint density at radius 1 is 1.75 bits per heavy atom. The van der Waals surface area contributed by atoms with Crippen LogP contribution >= 0.6 is 0 Å². The third kappa shape index (κ3) is 0.529. The van der Waals surface area contributed by atoms with Crippen molar-refractivity contribution in [3.05, 3.63) is 18.0 Å². The lowest BCUT2D eigenvalue weighted by molar-refractivity contribution is 1.08. The van der Waals surface area contributed by atoms with Gasteiger partial charge >= 0.3 is 0 Å². The van der Waals surface area contributed by atoms with Gasteiger partial charge in [-0.05, 0) is 18.8 Å². The number of nitrogens with zero attached hydrogens (tertiary/aromatic N) is 1. The first-order valence-electron chi connectivity index (χ1n) is 2.88. The summed E-state index contributed by atoms with van der Waals surface area (Å²) in [4.78, 5) is 0. The molecule has 0 bridgehead atoms. The maximum absolute atomic E-state index is 3.73. The van der Waals surface area contributed by atoms with Crippen molar-refractivity contribution in [2.45, 2.75) is 18.8 Å². The normalized spacial score (nSPS) is 19.0. The lowest BCUT2D eigenvalue weighted by Gasteiger charge is -1.79. The minimum absolute atomic E-state index is 0.786. The monoisotopic (exact) mass is 107 g/mol. The van der Waals surface area contributed by atoms with E-state index < -0.39 is 0 Å². The first kappa shape index (κ1) is 4.13. The van der Waals surface area contributed by atoms with Crippen LogP contribution in [0, 0.1) is 6.20 Å². The molecule has 0 aromatic carbocycles. The van der Waals surface area contributed by atoms with E-state index in [1.54, 1.807) is 0 Å². The van der Waals surface area contributed by atoms with Gasteiger partial charge in [0.15, 0.2) is 0 Å². The van der Waals surface area contributed by atoms with E-state index in [1.807, 2.05) is 6.20 Å². The minimum atomic E-state index is 0.786. The molecule has 1 N–H and O–H groups in total. The zero-order valence-corrected chi connectivity index (χ0v) is 4.52. The van der Waals surface area contributed by atoms with Crippen molar-refractivity contribution in [1.82, 2.24) is 10.2 Å². The van der Waals surface area contributed by atoms with E-state index in [9.17, 15) is 0 Å². The maximum atomic E-state index is 3.73. The smallest absolute Gasteiger partial charge is 0.116 e. The average molecular weight is 107 g/mol. The second-order valence-electron chi connectivity index (χ2n) is 2.23. The molecule has 2 heteroatoms. The molecule has 1 heterocycles. The second-order valence-corrected chi connectivity index (χ2v) is 2.23. The van der Waals surface area contributed by atoms with Crippen LogP contribution in [-0.4, -0.2) is 10.2 Å². The van der Waals surface area contributed by atoms with Crippen LogP contribution in [0.5, 0.6) is 0 Å². The molecule has 1 aromatic heterocycles. The Bertz CT molecular complexity index is 163. The number of hydrogen-bond donors (Lipinski definition) is 1. The lowest BCUT2D eigenvalue weighted by atomic mass is 10.2. The van der Waals surface area contributed by atoms with Crippen LogP contribution in [0.4, 0.5) is 0 Å². The van der Waals surface area contributed by atoms with E-state index in [0.717, 1.165) is 5.92 Å². The summed E-state index contributed by atoms with van der Waals surface area (Å²) >= 11 is 0. The highest BCUT2D eigenvalue weighted by Gasteiger charge is 2.24. The fraction of sp³-hybridized carbons (Fsp3) is 0.500. The summed E-state index contributed by atoms with van der Waals surface area (Å²) in [6, 6.07) is 0. The standard InChI is InChI=1S/C6H7N2/c1-2-5(1)6-3-7-8-4-6/h3,5H,1-2H2,(H,7,8). The Morgan fingerprint density at radius 3 is 3.12 bits per heavy atom. The van der Waals surface area contributed by atoms with E-state index in [2.05, 4.69) is 16.4 Å². The molecule has 1 fully saturated rings. The molecule has 1 radical (unpaired) electrons. The van der Waals surface area contributed by atoms with Gasteiger partial charge in [0, 0.05) is 11.8 Å². The molecule has 0 amide bonds. The first-order chi connectivity index (χ1) is 3.97. The predicted molar refractivity (Wildman–Crippen MR) is 29.4 cm³/mol. The van der Waals surface area contributed by atoms with Crippen LogP contribution < -0.4 is 0 Å². The number of aromatic nitrogens is 2. The van der Waals surface area contributed by atoms with Gasteiger partial charge < -0.3 is 0 Å². The summed E-state index contributed by atoms with van der Waals surface area (Å²) < 4.78 is 0. The summed E-state index contributed by atoms with van der Waals surface area (Å²) in [6.07, 6.45) is 7.48. The Labute approximate surface area is 47.9 Å². The SMILES string of the molecule is [c]1n[nH]cc1C1CC1. The van der Waals surface area contributed by atoms with Crippen LogP contribution in [0.3, 0.4) is 0 Å². The number of aromatic amines is 1. The third-order valence-corrected chi connectivity index (χ3v) is 1.49. The quantitative estimate of drug-likeness (QED) is 0.571. The second kappa shape index (κ2) is 1.34. The maximum Gasteiger partial charge on any atom is 0.116 e. The van der Waals surface area contributed by atoms with Crippen molar-refractivity contribution in [2.24, 2.45) is 0 Å². The Balaban J connectivity index is 2.28. The number of nitrogens with one attached hydrogen (secondary N) is 1. The molecular weight excluding hydrogens is 100 g/mol. The van der Waals surface area contributed by atoms with Gasteiger partial charge in [0.25, 0.3) is 0 Å². The lowest BCUT2D eigenvalue weighted by Crippen LogP contribution is -1.68. The fourth-order valence-corrected chi connectivity index (χ4v) is 0.834. The third-order valence-electron chi connectivity index (χ3n) is 1.49. The molecule has 0 aliphatic heterocycles. The van der Waals surface area contributed by atoms with Gasteiger partial charge in [-0.15, -0.1) is 0 Å². The van der Waals surface area contributed by atoms with Gasteiger partial charge in [-0.1, -0.05) is 0 Å². The number of rotatable bonds is 1. The minimum Gasteiger partial charge on any atom is -0.285 e. The van der Waals surface area contributed by atoms with Gasteiger partial charge in [-0.2, -0.15) is 5.10 Å².